The van der Waals surface area contributed by atoms with Crippen molar-refractivity contribution in [2.24, 2.45) is 0 Å². The van der Waals surface area contributed by atoms with Gasteiger partial charge in [0.15, 0.2) is 0 Å². The minimum atomic E-state index is -1.55. The number of rotatable bonds is 7. The fraction of sp³-hybridized carbons (Fsp3) is 0.0769. The first-order valence-corrected chi connectivity index (χ1v) is 17.6. The Hall–Kier alpha value is -5.97. The molecular formula is C39H32BN9O2SZn. The average Bonchev–Trinajstić information content (AvgIpc) is 4.03. The molecule has 256 valence electrons. The Kier molecular flexibility index (Phi) is 10.2. The van der Waals surface area contributed by atoms with Crippen LogP contribution >= 0.6 is 11.5 Å². The van der Waals surface area contributed by atoms with E-state index in [0.717, 1.165) is 60.9 Å². The predicted molar refractivity (Wildman–Crippen MR) is 205 cm³/mol. The fourth-order valence-corrected chi connectivity index (χ4v) is 7.15. The molecule has 0 fully saturated rings. The zero-order chi connectivity index (χ0) is 35.6. The molecule has 9 rings (SSSR count). The Morgan fingerprint density at radius 2 is 1.02 bits per heavy atom. The molecule has 0 aliphatic heterocycles. The maximum Gasteiger partial charge on any atom is 2.00 e. The van der Waals surface area contributed by atoms with E-state index in [-0.39, 0.29) is 25.3 Å². The Balaban J connectivity index is 0.000000227. The van der Waals surface area contributed by atoms with Crippen LogP contribution in [-0.4, -0.2) is 45.7 Å². The Morgan fingerprint density at radius 1 is 0.604 bits per heavy atom. The van der Waals surface area contributed by atoms with Gasteiger partial charge < -0.3 is 23.3 Å². The van der Waals surface area contributed by atoms with Gasteiger partial charge in [0.25, 0.3) is 0 Å². The van der Waals surface area contributed by atoms with Gasteiger partial charge in [-0.05, 0) is 73.7 Å². The third-order valence-electron chi connectivity index (χ3n) is 8.95. The molecule has 0 atom stereocenters. The molecule has 0 radical (unpaired) electrons. The molecule has 5 heterocycles. The van der Waals surface area contributed by atoms with Gasteiger partial charge in [0.2, 0.25) is 0 Å². The standard InChI is InChI=1S/C30H28BN6.C9H5N3O2S.Zn/c1-22-19-28(25-13-7-4-8-14-25)32-35(22)31(36-23(2)20-29(33-36)26-15-9-5-10-16-26)37-24(3)21-30(34-37)27-17-11-6-12-18-27;13-9-10-8(11-14-9)7-5-3-1-2-4-6(5)15-12-7;/h4-21,31H,1-3H3;1-4H,(H,10,11,13);/q-1;;+2/p-1. The molecule has 0 amide bonds. The van der Waals surface area contributed by atoms with Gasteiger partial charge in [-0.2, -0.15) is 4.37 Å². The normalized spacial score (nSPS) is 11.0. The second-order valence-electron chi connectivity index (χ2n) is 12.4. The first-order chi connectivity index (χ1) is 25.4. The van der Waals surface area contributed by atoms with Crippen molar-refractivity contribution in [2.75, 3.05) is 0 Å². The summed E-state index contributed by atoms with van der Waals surface area (Å²) in [6, 6.07) is 45.0. The molecule has 11 nitrogen and oxygen atoms in total. The van der Waals surface area contributed by atoms with Crippen LogP contribution in [0.1, 0.15) is 17.1 Å². The van der Waals surface area contributed by atoms with Gasteiger partial charge in [-0.3, -0.25) is 5.16 Å². The van der Waals surface area contributed by atoms with Crippen LogP contribution in [0.4, 0.5) is 0 Å². The number of benzene rings is 4. The van der Waals surface area contributed by atoms with Gasteiger partial charge in [0.05, 0.1) is 27.5 Å². The largest absolute Gasteiger partial charge is 2.00 e. The van der Waals surface area contributed by atoms with Crippen LogP contribution in [-0.2, 0) is 19.5 Å². The van der Waals surface area contributed by atoms with Gasteiger partial charge in [0.1, 0.15) is 0 Å². The second-order valence-corrected chi connectivity index (χ2v) is 13.3. The molecule has 4 aromatic carbocycles. The first-order valence-electron chi connectivity index (χ1n) is 16.8. The van der Waals surface area contributed by atoms with Crippen molar-refractivity contribution in [2.45, 2.75) is 20.8 Å². The molecule has 5 aromatic heterocycles. The molecule has 0 saturated heterocycles. The SMILES string of the molecule is Cc1cc(-c2ccccc2)nn1[BH-](n1nc(-c2ccccc2)cc1C)n1nc(-c2ccccc2)cc1C.O=c1[n-]c(-c2nsc3ccccc23)no1.[Zn+2]. The molecule has 0 bridgehead atoms. The van der Waals surface area contributed by atoms with Crippen molar-refractivity contribution in [3.63, 3.8) is 0 Å². The van der Waals surface area contributed by atoms with Gasteiger partial charge in [0, 0.05) is 27.9 Å². The van der Waals surface area contributed by atoms with E-state index in [0.29, 0.717) is 5.69 Å². The van der Waals surface area contributed by atoms with Crippen molar-refractivity contribution in [1.82, 2.24) is 43.6 Å². The molecule has 0 aliphatic carbocycles. The number of aromatic nitrogens is 9. The van der Waals surface area contributed by atoms with E-state index in [1.807, 2.05) is 78.9 Å². The third kappa shape index (κ3) is 7.24. The van der Waals surface area contributed by atoms with Gasteiger partial charge in [-0.1, -0.05) is 109 Å². The Bertz CT molecular complexity index is 2460. The van der Waals surface area contributed by atoms with E-state index in [1.165, 1.54) is 11.5 Å². The second kappa shape index (κ2) is 15.3. The van der Waals surface area contributed by atoms with Crippen molar-refractivity contribution < 1.29 is 24.0 Å². The summed E-state index contributed by atoms with van der Waals surface area (Å²) in [4.78, 5) is 14.4. The monoisotopic (exact) mass is 765 g/mol. The quantitative estimate of drug-likeness (QED) is 0.157. The summed E-state index contributed by atoms with van der Waals surface area (Å²) in [5.74, 6) is -0.445. The summed E-state index contributed by atoms with van der Waals surface area (Å²) >= 11 is 1.34. The molecular weight excluding hydrogens is 735 g/mol. The average molecular weight is 767 g/mol. The van der Waals surface area contributed by atoms with Gasteiger partial charge in [-0.15, -0.1) is 0 Å². The smallest absolute Gasteiger partial charge is 0.422 e. The topological polar surface area (TPSA) is 124 Å². The van der Waals surface area contributed by atoms with E-state index in [9.17, 15) is 4.79 Å². The number of nitrogens with zero attached hydrogens (tertiary/aromatic N) is 9. The number of fused-ring (bicyclic) bond motifs is 1. The van der Waals surface area contributed by atoms with Crippen LogP contribution in [0.25, 0.3) is 55.4 Å². The molecule has 0 aliphatic rings. The summed E-state index contributed by atoms with van der Waals surface area (Å²) in [5.41, 5.74) is 9.88. The predicted octanol–water partition coefficient (Wildman–Crippen LogP) is 7.13. The van der Waals surface area contributed by atoms with E-state index >= 15 is 0 Å². The number of aryl methyl sites for hydroxylation is 3. The zero-order valence-electron chi connectivity index (χ0n) is 29.4. The van der Waals surface area contributed by atoms with Gasteiger partial charge >= 0.3 is 32.4 Å². The first kappa shape index (κ1) is 35.4. The summed E-state index contributed by atoms with van der Waals surface area (Å²) in [5, 5.41) is 19.8. The van der Waals surface area contributed by atoms with E-state index in [4.69, 9.17) is 15.3 Å². The van der Waals surface area contributed by atoms with Crippen LogP contribution in [0.2, 0.25) is 0 Å². The molecule has 9 aromatic rings. The van der Waals surface area contributed by atoms with E-state index < -0.39 is 12.9 Å². The Labute approximate surface area is 322 Å². The number of hydrogen-bond acceptors (Lipinski definition) is 8. The maximum atomic E-state index is 10.8. The number of hydrogen-bond donors (Lipinski definition) is 0. The Morgan fingerprint density at radius 3 is 1.43 bits per heavy atom. The summed E-state index contributed by atoms with van der Waals surface area (Å²) in [6.07, 6.45) is 0. The van der Waals surface area contributed by atoms with Crippen molar-refractivity contribution >= 4 is 28.7 Å². The van der Waals surface area contributed by atoms with Crippen LogP contribution in [0.15, 0.2) is 143 Å². The minimum absolute atomic E-state index is 0. The van der Waals surface area contributed by atoms with Crippen molar-refractivity contribution in [3.05, 3.63) is 161 Å². The third-order valence-corrected chi connectivity index (χ3v) is 9.78. The molecule has 14 heteroatoms. The van der Waals surface area contributed by atoms with E-state index in [2.05, 4.69) is 108 Å². The van der Waals surface area contributed by atoms with Crippen LogP contribution in [0.5, 0.6) is 0 Å². The van der Waals surface area contributed by atoms with Crippen molar-refractivity contribution in [3.8, 4) is 45.3 Å². The molecule has 0 unspecified atom stereocenters. The zero-order valence-corrected chi connectivity index (χ0v) is 33.1. The summed E-state index contributed by atoms with van der Waals surface area (Å²) in [6.45, 7) is 6.31. The van der Waals surface area contributed by atoms with Crippen LogP contribution in [0, 0.1) is 20.8 Å². The maximum absolute atomic E-state index is 10.8. The van der Waals surface area contributed by atoms with Gasteiger partial charge in [-0.25, -0.2) is 20.1 Å². The molecule has 0 spiro atoms. The molecule has 0 N–H and O–H groups in total. The van der Waals surface area contributed by atoms with Crippen molar-refractivity contribution in [1.29, 1.82) is 0 Å². The molecule has 53 heavy (non-hydrogen) atoms. The summed E-state index contributed by atoms with van der Waals surface area (Å²) in [7, 11) is -1.55. The van der Waals surface area contributed by atoms with E-state index in [1.54, 1.807) is 0 Å². The van der Waals surface area contributed by atoms with Crippen LogP contribution < -0.4 is 10.7 Å². The summed E-state index contributed by atoms with van der Waals surface area (Å²) < 4.78 is 15.9. The van der Waals surface area contributed by atoms with Crippen LogP contribution in [0.3, 0.4) is 0 Å². The molecule has 0 saturated carbocycles. The minimum Gasteiger partial charge on any atom is -0.422 e. The fourth-order valence-electron chi connectivity index (χ4n) is 6.37.